The fourth-order valence-electron chi connectivity index (χ4n) is 2.80. The van der Waals surface area contributed by atoms with Crippen molar-refractivity contribution in [2.75, 3.05) is 6.54 Å². The molecule has 3 aromatic rings. The van der Waals surface area contributed by atoms with Crippen molar-refractivity contribution in [3.05, 3.63) is 90.0 Å². The lowest BCUT2D eigenvalue weighted by Gasteiger charge is -2.19. The Morgan fingerprint density at radius 1 is 1.04 bits per heavy atom. The van der Waals surface area contributed by atoms with Gasteiger partial charge in [0.25, 0.3) is 0 Å². The van der Waals surface area contributed by atoms with Gasteiger partial charge in [0, 0.05) is 31.4 Å². The number of hydrogen-bond donors (Lipinski definition) is 1. The van der Waals surface area contributed by atoms with Gasteiger partial charge < -0.3 is 9.88 Å². The lowest BCUT2D eigenvalue weighted by molar-refractivity contribution is -0.120. The Hall–Kier alpha value is -2.88. The lowest BCUT2D eigenvalue weighted by atomic mass is 9.91. The maximum Gasteiger partial charge on any atom is 0.226 e. The molecule has 0 bridgehead atoms. The van der Waals surface area contributed by atoms with Gasteiger partial charge in [0.2, 0.25) is 5.91 Å². The van der Waals surface area contributed by atoms with Crippen molar-refractivity contribution in [2.24, 2.45) is 7.05 Å². The number of amides is 1. The van der Waals surface area contributed by atoms with E-state index in [0.29, 0.717) is 13.0 Å². The summed E-state index contributed by atoms with van der Waals surface area (Å²) in [5, 5.41) is 3.07. The number of aryl methyl sites for hydroxylation is 1. The van der Waals surface area contributed by atoms with Crippen LogP contribution in [0.3, 0.4) is 0 Å². The highest BCUT2D eigenvalue weighted by atomic mass is 16.1. The number of nitrogens with zero attached hydrogens (tertiary/aromatic N) is 2. The third-order valence-electron chi connectivity index (χ3n) is 4.17. The second-order valence-corrected chi connectivity index (χ2v) is 5.85. The zero-order valence-corrected chi connectivity index (χ0v) is 13.7. The van der Waals surface area contributed by atoms with Gasteiger partial charge >= 0.3 is 0 Å². The summed E-state index contributed by atoms with van der Waals surface area (Å²) >= 11 is 0. The van der Waals surface area contributed by atoms with E-state index < -0.39 is 0 Å². The van der Waals surface area contributed by atoms with Crippen LogP contribution in [0.1, 0.15) is 22.7 Å². The van der Waals surface area contributed by atoms with Crippen molar-refractivity contribution in [2.45, 2.75) is 12.3 Å². The van der Waals surface area contributed by atoms with Gasteiger partial charge in [-0.3, -0.25) is 4.79 Å². The summed E-state index contributed by atoms with van der Waals surface area (Å²) in [6, 6.07) is 20.5. The minimum absolute atomic E-state index is 0.00969. The molecule has 122 valence electrons. The van der Waals surface area contributed by atoms with E-state index in [1.807, 2.05) is 48.0 Å². The van der Waals surface area contributed by atoms with Crippen LogP contribution in [-0.4, -0.2) is 22.0 Å². The molecule has 0 saturated carbocycles. The average Bonchev–Trinajstić information content (AvgIpc) is 3.02. The number of carbonyl (C=O) groups is 1. The van der Waals surface area contributed by atoms with E-state index in [9.17, 15) is 4.79 Å². The molecule has 2 aromatic carbocycles. The standard InChI is InChI=1S/C20H21N3O/c1-23-15-21-13-18(23)12-20(24)22-14-19(16-8-4-2-5-9-16)17-10-6-3-7-11-17/h2-11,13,15,19H,12,14H2,1H3,(H,22,24). The normalized spacial score (nSPS) is 10.8. The average molecular weight is 319 g/mol. The van der Waals surface area contributed by atoms with E-state index in [-0.39, 0.29) is 11.8 Å². The van der Waals surface area contributed by atoms with Gasteiger partial charge in [-0.15, -0.1) is 0 Å². The van der Waals surface area contributed by atoms with E-state index in [4.69, 9.17) is 0 Å². The summed E-state index contributed by atoms with van der Waals surface area (Å²) in [6.07, 6.45) is 3.78. The summed E-state index contributed by atoms with van der Waals surface area (Å²) in [5.41, 5.74) is 3.30. The molecule has 4 nitrogen and oxygen atoms in total. The van der Waals surface area contributed by atoms with Gasteiger partial charge in [0.05, 0.1) is 12.7 Å². The third-order valence-corrected chi connectivity index (χ3v) is 4.17. The topological polar surface area (TPSA) is 46.9 Å². The van der Waals surface area contributed by atoms with Gasteiger partial charge in [0.15, 0.2) is 0 Å². The molecule has 1 heterocycles. The SMILES string of the molecule is Cn1cncc1CC(=O)NCC(c1ccccc1)c1ccccc1. The number of aromatic nitrogens is 2. The Morgan fingerprint density at radius 3 is 2.12 bits per heavy atom. The largest absolute Gasteiger partial charge is 0.355 e. The van der Waals surface area contributed by atoms with Crippen molar-refractivity contribution in [3.8, 4) is 0 Å². The first kappa shape index (κ1) is 16.0. The van der Waals surface area contributed by atoms with Crippen LogP contribution in [0, 0.1) is 0 Å². The van der Waals surface area contributed by atoms with Gasteiger partial charge in [-0.05, 0) is 11.1 Å². The van der Waals surface area contributed by atoms with E-state index in [1.165, 1.54) is 11.1 Å². The first-order chi connectivity index (χ1) is 11.7. The molecule has 1 N–H and O–H groups in total. The predicted molar refractivity (Wildman–Crippen MR) is 94.6 cm³/mol. The third kappa shape index (κ3) is 3.90. The zero-order chi connectivity index (χ0) is 16.8. The smallest absolute Gasteiger partial charge is 0.226 e. The minimum Gasteiger partial charge on any atom is -0.355 e. The Balaban J connectivity index is 1.71. The molecule has 4 heteroatoms. The van der Waals surface area contributed by atoms with Crippen LogP contribution in [0.4, 0.5) is 0 Å². The highest BCUT2D eigenvalue weighted by Gasteiger charge is 2.15. The number of hydrogen-bond acceptors (Lipinski definition) is 2. The summed E-state index contributed by atoms with van der Waals surface area (Å²) < 4.78 is 1.87. The molecule has 0 saturated heterocycles. The van der Waals surface area contributed by atoms with Gasteiger partial charge in [-0.1, -0.05) is 60.7 Å². The maximum absolute atomic E-state index is 12.3. The number of nitrogens with one attached hydrogen (secondary N) is 1. The second-order valence-electron chi connectivity index (χ2n) is 5.85. The van der Waals surface area contributed by atoms with Crippen LogP contribution in [0.5, 0.6) is 0 Å². The Kier molecular flexibility index (Phi) is 5.06. The molecule has 24 heavy (non-hydrogen) atoms. The molecule has 0 atom stereocenters. The Bertz CT molecular complexity index is 741. The van der Waals surface area contributed by atoms with Crippen molar-refractivity contribution in [1.82, 2.24) is 14.9 Å². The van der Waals surface area contributed by atoms with Crippen LogP contribution in [0.15, 0.2) is 73.2 Å². The molecule has 0 radical (unpaired) electrons. The summed E-state index contributed by atoms with van der Waals surface area (Å²) in [7, 11) is 1.90. The van der Waals surface area contributed by atoms with Crippen molar-refractivity contribution < 1.29 is 4.79 Å². The van der Waals surface area contributed by atoms with Crippen LogP contribution < -0.4 is 5.32 Å². The summed E-state index contributed by atoms with van der Waals surface area (Å²) in [4.78, 5) is 16.3. The molecular weight excluding hydrogens is 298 g/mol. The molecule has 1 aromatic heterocycles. The number of benzene rings is 2. The van der Waals surface area contributed by atoms with Crippen LogP contribution in [-0.2, 0) is 18.3 Å². The molecule has 1 amide bonds. The van der Waals surface area contributed by atoms with E-state index in [2.05, 4.69) is 34.6 Å². The predicted octanol–water partition coefficient (Wildman–Crippen LogP) is 2.91. The van der Waals surface area contributed by atoms with Gasteiger partial charge in [0.1, 0.15) is 0 Å². The molecule has 0 aliphatic carbocycles. The van der Waals surface area contributed by atoms with E-state index in [0.717, 1.165) is 5.69 Å². The monoisotopic (exact) mass is 319 g/mol. The quantitative estimate of drug-likeness (QED) is 0.759. The van der Waals surface area contributed by atoms with Crippen molar-refractivity contribution in [3.63, 3.8) is 0 Å². The lowest BCUT2D eigenvalue weighted by Crippen LogP contribution is -2.30. The molecule has 0 unspecified atom stereocenters. The molecular formula is C20H21N3O. The number of imidazole rings is 1. The fraction of sp³-hybridized carbons (Fsp3) is 0.200. The van der Waals surface area contributed by atoms with Gasteiger partial charge in [-0.2, -0.15) is 0 Å². The van der Waals surface area contributed by atoms with Crippen molar-refractivity contribution in [1.29, 1.82) is 0 Å². The molecule has 0 fully saturated rings. The highest BCUT2D eigenvalue weighted by molar-refractivity contribution is 5.78. The first-order valence-electron chi connectivity index (χ1n) is 8.06. The highest BCUT2D eigenvalue weighted by Crippen LogP contribution is 2.23. The molecule has 0 spiro atoms. The van der Waals surface area contributed by atoms with Gasteiger partial charge in [-0.25, -0.2) is 4.98 Å². The Labute approximate surface area is 142 Å². The van der Waals surface area contributed by atoms with Crippen LogP contribution >= 0.6 is 0 Å². The van der Waals surface area contributed by atoms with Crippen molar-refractivity contribution >= 4 is 5.91 Å². The second kappa shape index (κ2) is 7.59. The number of rotatable bonds is 6. The molecule has 0 aliphatic rings. The first-order valence-corrected chi connectivity index (χ1v) is 8.06. The fourth-order valence-corrected chi connectivity index (χ4v) is 2.80. The Morgan fingerprint density at radius 2 is 1.62 bits per heavy atom. The number of carbonyl (C=O) groups excluding carboxylic acids is 1. The van der Waals surface area contributed by atoms with E-state index in [1.54, 1.807) is 12.5 Å². The minimum atomic E-state index is 0.00969. The summed E-state index contributed by atoms with van der Waals surface area (Å²) in [6.45, 7) is 0.574. The van der Waals surface area contributed by atoms with Crippen LogP contribution in [0.25, 0.3) is 0 Å². The zero-order valence-electron chi connectivity index (χ0n) is 13.7. The van der Waals surface area contributed by atoms with Crippen LogP contribution in [0.2, 0.25) is 0 Å². The molecule has 0 aliphatic heterocycles. The van der Waals surface area contributed by atoms with E-state index >= 15 is 0 Å². The molecule has 3 rings (SSSR count). The maximum atomic E-state index is 12.3. The summed E-state index contributed by atoms with van der Waals surface area (Å²) in [5.74, 6) is 0.151.